The van der Waals surface area contributed by atoms with Gasteiger partial charge in [0.25, 0.3) is 0 Å². The first-order valence-electron chi connectivity index (χ1n) is 6.17. The number of methoxy groups -OCH3 is 1. The minimum atomic E-state index is -0.397. The molecule has 0 aliphatic rings. The molecule has 0 spiro atoms. The van der Waals surface area contributed by atoms with Crippen molar-refractivity contribution in [3.05, 3.63) is 35.4 Å². The molecule has 1 N–H and O–H groups in total. The Kier molecular flexibility index (Phi) is 6.22. The molecule has 2 nitrogen and oxygen atoms in total. The second-order valence-electron chi connectivity index (χ2n) is 4.72. The molecule has 2 unspecified atom stereocenters. The summed E-state index contributed by atoms with van der Waals surface area (Å²) in [5, 5.41) is 3.14. The summed E-state index contributed by atoms with van der Waals surface area (Å²) in [6.07, 6.45) is 1.34. The minimum absolute atomic E-state index is 0.117. The average molecular weight is 257 g/mol. The molecule has 0 bridgehead atoms. The Hall–Kier alpha value is -1.00. The van der Waals surface area contributed by atoms with Crippen molar-refractivity contribution >= 4 is 0 Å². The van der Waals surface area contributed by atoms with E-state index in [9.17, 15) is 8.78 Å². The molecule has 0 aliphatic heterocycles. The molecular weight excluding hydrogens is 236 g/mol. The van der Waals surface area contributed by atoms with E-state index in [1.807, 2.05) is 7.05 Å². The van der Waals surface area contributed by atoms with Gasteiger partial charge in [0, 0.05) is 19.8 Å². The van der Waals surface area contributed by atoms with Gasteiger partial charge in [0.15, 0.2) is 0 Å². The van der Waals surface area contributed by atoms with E-state index in [4.69, 9.17) is 4.74 Å². The van der Waals surface area contributed by atoms with Crippen molar-refractivity contribution in [1.29, 1.82) is 0 Å². The Balaban J connectivity index is 2.64. The fraction of sp³-hybridized carbons (Fsp3) is 0.571. The van der Waals surface area contributed by atoms with E-state index in [0.29, 0.717) is 24.5 Å². The van der Waals surface area contributed by atoms with Gasteiger partial charge in [-0.15, -0.1) is 0 Å². The van der Waals surface area contributed by atoms with Gasteiger partial charge in [0.2, 0.25) is 0 Å². The molecule has 18 heavy (non-hydrogen) atoms. The Morgan fingerprint density at radius 2 is 2.06 bits per heavy atom. The molecule has 0 aliphatic carbocycles. The first kappa shape index (κ1) is 15.1. The number of halogens is 2. The lowest BCUT2D eigenvalue weighted by atomic mass is 9.96. The van der Waals surface area contributed by atoms with Crippen LogP contribution in [-0.2, 0) is 11.2 Å². The van der Waals surface area contributed by atoms with E-state index in [1.54, 1.807) is 7.11 Å². The van der Waals surface area contributed by atoms with Crippen LogP contribution in [-0.4, -0.2) is 26.8 Å². The quantitative estimate of drug-likeness (QED) is 0.811. The summed E-state index contributed by atoms with van der Waals surface area (Å²) in [6.45, 7) is 2.75. The minimum Gasteiger partial charge on any atom is -0.384 e. The number of benzene rings is 1. The van der Waals surface area contributed by atoms with Crippen molar-refractivity contribution < 1.29 is 13.5 Å². The van der Waals surface area contributed by atoms with Crippen LogP contribution in [0.1, 0.15) is 18.9 Å². The predicted octanol–water partition coefficient (Wildman–Crippen LogP) is 2.77. The maximum Gasteiger partial charge on any atom is 0.126 e. The SMILES string of the molecule is CNC(Cc1cc(F)ccc1F)CC(C)COC. The third kappa shape index (κ3) is 4.70. The maximum atomic E-state index is 13.5. The zero-order chi connectivity index (χ0) is 13.5. The highest BCUT2D eigenvalue weighted by atomic mass is 19.1. The molecule has 1 aromatic carbocycles. The van der Waals surface area contributed by atoms with E-state index in [0.717, 1.165) is 12.5 Å². The molecule has 1 aromatic rings. The molecule has 0 amide bonds. The van der Waals surface area contributed by atoms with Crippen molar-refractivity contribution in [2.75, 3.05) is 20.8 Å². The molecule has 0 radical (unpaired) electrons. The average Bonchev–Trinajstić information content (AvgIpc) is 2.33. The van der Waals surface area contributed by atoms with Gasteiger partial charge < -0.3 is 10.1 Å². The largest absolute Gasteiger partial charge is 0.384 e. The normalized spacial score (nSPS) is 14.5. The van der Waals surface area contributed by atoms with Crippen LogP contribution in [0.25, 0.3) is 0 Å². The van der Waals surface area contributed by atoms with Gasteiger partial charge in [-0.25, -0.2) is 8.78 Å². The molecule has 102 valence electrons. The van der Waals surface area contributed by atoms with Crippen molar-refractivity contribution in [3.8, 4) is 0 Å². The number of rotatable bonds is 7. The molecule has 0 aromatic heterocycles. The molecule has 2 atom stereocenters. The highest BCUT2D eigenvalue weighted by Gasteiger charge is 2.14. The van der Waals surface area contributed by atoms with E-state index >= 15 is 0 Å². The Labute approximate surface area is 107 Å². The number of hydrogen-bond donors (Lipinski definition) is 1. The number of nitrogens with one attached hydrogen (secondary N) is 1. The first-order valence-corrected chi connectivity index (χ1v) is 6.17. The topological polar surface area (TPSA) is 21.3 Å². The Morgan fingerprint density at radius 1 is 1.33 bits per heavy atom. The number of hydrogen-bond acceptors (Lipinski definition) is 2. The Morgan fingerprint density at radius 3 is 2.67 bits per heavy atom. The zero-order valence-corrected chi connectivity index (χ0v) is 11.2. The van der Waals surface area contributed by atoms with Crippen molar-refractivity contribution in [3.63, 3.8) is 0 Å². The predicted molar refractivity (Wildman–Crippen MR) is 68.6 cm³/mol. The van der Waals surface area contributed by atoms with Crippen LogP contribution in [0.3, 0.4) is 0 Å². The maximum absolute atomic E-state index is 13.5. The van der Waals surface area contributed by atoms with Gasteiger partial charge in [0.05, 0.1) is 0 Å². The van der Waals surface area contributed by atoms with Gasteiger partial charge in [-0.3, -0.25) is 0 Å². The van der Waals surface area contributed by atoms with Gasteiger partial charge in [-0.1, -0.05) is 6.92 Å². The molecule has 4 heteroatoms. The van der Waals surface area contributed by atoms with Crippen LogP contribution in [0.5, 0.6) is 0 Å². The first-order chi connectivity index (χ1) is 8.56. The summed E-state index contributed by atoms with van der Waals surface area (Å²) < 4.78 is 31.7. The van der Waals surface area contributed by atoms with Crippen LogP contribution in [0.4, 0.5) is 8.78 Å². The monoisotopic (exact) mass is 257 g/mol. The molecule has 0 saturated carbocycles. The van der Waals surface area contributed by atoms with Gasteiger partial charge >= 0.3 is 0 Å². The van der Waals surface area contributed by atoms with E-state index < -0.39 is 5.82 Å². The number of likely N-dealkylation sites (N-methyl/N-ethyl adjacent to an activating group) is 1. The molecular formula is C14H21F2NO. The van der Waals surface area contributed by atoms with Crippen LogP contribution in [0.2, 0.25) is 0 Å². The van der Waals surface area contributed by atoms with Gasteiger partial charge in [-0.2, -0.15) is 0 Å². The lowest BCUT2D eigenvalue weighted by molar-refractivity contribution is 0.150. The van der Waals surface area contributed by atoms with Crippen molar-refractivity contribution in [2.24, 2.45) is 5.92 Å². The van der Waals surface area contributed by atoms with Crippen LogP contribution < -0.4 is 5.32 Å². The molecule has 0 heterocycles. The summed E-state index contributed by atoms with van der Waals surface area (Å²) in [7, 11) is 3.50. The number of ether oxygens (including phenoxy) is 1. The third-order valence-electron chi connectivity index (χ3n) is 3.02. The fourth-order valence-electron chi connectivity index (χ4n) is 2.11. The lowest BCUT2D eigenvalue weighted by Crippen LogP contribution is -2.30. The molecule has 0 fully saturated rings. The summed E-state index contributed by atoms with van der Waals surface area (Å²) in [5.41, 5.74) is 0.416. The lowest BCUT2D eigenvalue weighted by Gasteiger charge is -2.20. The summed E-state index contributed by atoms with van der Waals surface area (Å²) >= 11 is 0. The highest BCUT2D eigenvalue weighted by Crippen LogP contribution is 2.15. The van der Waals surface area contributed by atoms with Crippen LogP contribution in [0.15, 0.2) is 18.2 Å². The summed E-state index contributed by atoms with van der Waals surface area (Å²) in [5.74, 6) is -0.369. The van der Waals surface area contributed by atoms with E-state index in [1.165, 1.54) is 12.1 Å². The van der Waals surface area contributed by atoms with Gasteiger partial charge in [-0.05, 0) is 49.6 Å². The molecule has 0 saturated heterocycles. The smallest absolute Gasteiger partial charge is 0.126 e. The zero-order valence-electron chi connectivity index (χ0n) is 11.2. The standard InChI is InChI=1S/C14H21F2NO/c1-10(9-18-3)6-13(17-2)8-11-7-12(15)4-5-14(11)16/h4-5,7,10,13,17H,6,8-9H2,1-3H3. The second kappa shape index (κ2) is 7.44. The summed E-state index contributed by atoms with van der Waals surface area (Å²) in [6, 6.07) is 3.70. The second-order valence-corrected chi connectivity index (χ2v) is 4.72. The van der Waals surface area contributed by atoms with Crippen molar-refractivity contribution in [2.45, 2.75) is 25.8 Å². The van der Waals surface area contributed by atoms with Crippen molar-refractivity contribution in [1.82, 2.24) is 5.32 Å². The fourth-order valence-corrected chi connectivity index (χ4v) is 2.11. The van der Waals surface area contributed by atoms with E-state index in [-0.39, 0.29) is 11.9 Å². The highest BCUT2D eigenvalue weighted by molar-refractivity contribution is 5.19. The van der Waals surface area contributed by atoms with Crippen LogP contribution in [0, 0.1) is 17.6 Å². The Bertz CT molecular complexity index is 371. The summed E-state index contributed by atoms with van der Waals surface area (Å²) in [4.78, 5) is 0. The molecule has 1 rings (SSSR count). The third-order valence-corrected chi connectivity index (χ3v) is 3.02. The van der Waals surface area contributed by atoms with E-state index in [2.05, 4.69) is 12.2 Å². The van der Waals surface area contributed by atoms with Gasteiger partial charge in [0.1, 0.15) is 11.6 Å². The van der Waals surface area contributed by atoms with Crippen LogP contribution >= 0.6 is 0 Å².